The number of carbonyl (C=O) groups excluding carboxylic acids is 2. The molecule has 0 bridgehead atoms. The highest BCUT2D eigenvalue weighted by atomic mass is 31.1. The van der Waals surface area contributed by atoms with Gasteiger partial charge in [-0.3, -0.25) is 19.2 Å². The van der Waals surface area contributed by atoms with Gasteiger partial charge in [-0.1, -0.05) is 0 Å². The smallest absolute Gasteiger partial charge is 0.413 e. The van der Waals surface area contributed by atoms with Crippen LogP contribution in [0.5, 0.6) is 0 Å². The van der Waals surface area contributed by atoms with Gasteiger partial charge in [-0.25, -0.2) is 9.88 Å². The van der Waals surface area contributed by atoms with E-state index >= 15 is 0 Å². The lowest BCUT2D eigenvalue weighted by Crippen LogP contribution is -2.25. The first kappa shape index (κ1) is 15.6. The lowest BCUT2D eigenvalue weighted by atomic mass is 10.3. The number of carbonyl (C=O) groups is 3. The lowest BCUT2D eigenvalue weighted by molar-refractivity contribution is -0.137. The molecular formula is C8H15N2O6P. The van der Waals surface area contributed by atoms with E-state index in [1.807, 2.05) is 5.09 Å². The highest BCUT2D eigenvalue weighted by Crippen LogP contribution is 2.06. The maximum absolute atomic E-state index is 11.1. The molecule has 17 heavy (non-hydrogen) atoms. The number of hydrogen-bond donors (Lipinski definition) is 3. The largest absolute Gasteiger partial charge is 0.481 e. The first-order valence-corrected chi connectivity index (χ1v) is 6.25. The second-order valence-corrected chi connectivity index (χ2v) is 4.40. The van der Waals surface area contributed by atoms with E-state index in [2.05, 4.69) is 9.82 Å². The van der Waals surface area contributed by atoms with E-state index in [0.29, 0.717) is 0 Å². The van der Waals surface area contributed by atoms with Gasteiger partial charge < -0.3 is 9.84 Å². The van der Waals surface area contributed by atoms with Gasteiger partial charge in [0, 0.05) is 6.42 Å². The summed E-state index contributed by atoms with van der Waals surface area (Å²) >= 11 is 0. The monoisotopic (exact) mass is 266 g/mol. The highest BCUT2D eigenvalue weighted by Gasteiger charge is 2.07. The molecule has 1 amide bonds. The molecule has 0 saturated carbocycles. The molecule has 1 unspecified atom stereocenters. The van der Waals surface area contributed by atoms with Gasteiger partial charge in [0.25, 0.3) is 0 Å². The molecule has 8 nitrogen and oxygen atoms in total. The topological polar surface area (TPSA) is 122 Å². The number of amides is 1. The number of ketones is 1. The number of rotatable bonds is 8. The van der Waals surface area contributed by atoms with Gasteiger partial charge in [0.1, 0.15) is 5.78 Å². The zero-order valence-corrected chi connectivity index (χ0v) is 10.3. The molecule has 98 valence electrons. The molecule has 0 aliphatic carbocycles. The van der Waals surface area contributed by atoms with Crippen molar-refractivity contribution in [1.29, 1.82) is 0 Å². The van der Waals surface area contributed by atoms with Crippen molar-refractivity contribution >= 4 is 25.9 Å². The third kappa shape index (κ3) is 10.9. The number of nitrogens with one attached hydrogen (secondary N) is 2. The maximum atomic E-state index is 11.1. The summed E-state index contributed by atoms with van der Waals surface area (Å²) in [7, 11) is -2.60. The van der Waals surface area contributed by atoms with Crippen molar-refractivity contribution in [3.05, 3.63) is 0 Å². The highest BCUT2D eigenvalue weighted by molar-refractivity contribution is 7.41. The van der Waals surface area contributed by atoms with Gasteiger partial charge >= 0.3 is 12.1 Å². The van der Waals surface area contributed by atoms with Crippen LogP contribution in [0.15, 0.2) is 0 Å². The normalized spacial score (nSPS) is 11.6. The quantitative estimate of drug-likeness (QED) is 0.422. The summed E-state index contributed by atoms with van der Waals surface area (Å²) in [5.41, 5.74) is 0. The molecule has 0 fully saturated rings. The van der Waals surface area contributed by atoms with Gasteiger partial charge in [-0.2, -0.15) is 0 Å². The standard InChI is InChI=1S/C8H15N2O6P/c1-6(11)5-9-17(15)10-8(14)16-4-2-3-7(12)13/h17H,2-5H2,1H3,(H,12,13)(H2,9,10,14,15). The van der Waals surface area contributed by atoms with Gasteiger partial charge in [0.2, 0.25) is 8.10 Å². The molecule has 1 atom stereocenters. The number of aliphatic carboxylic acids is 1. The molecule has 9 heteroatoms. The van der Waals surface area contributed by atoms with Crippen LogP contribution >= 0.6 is 8.10 Å². The molecular weight excluding hydrogens is 251 g/mol. The van der Waals surface area contributed by atoms with Crippen molar-refractivity contribution < 1.29 is 28.8 Å². The van der Waals surface area contributed by atoms with Crippen LogP contribution in [0.1, 0.15) is 19.8 Å². The van der Waals surface area contributed by atoms with E-state index in [4.69, 9.17) is 5.11 Å². The van der Waals surface area contributed by atoms with Crippen LogP contribution in [0.3, 0.4) is 0 Å². The Hall–Kier alpha value is -1.40. The van der Waals surface area contributed by atoms with E-state index < -0.39 is 20.2 Å². The Kier molecular flexibility index (Phi) is 8.00. The number of hydrogen-bond acceptors (Lipinski definition) is 5. The number of Topliss-reactive ketones (excluding diaryl/α,β-unsaturated/α-hetero) is 1. The average Bonchev–Trinajstić information content (AvgIpc) is 2.21. The first-order chi connectivity index (χ1) is 7.91. The third-order valence-corrected chi connectivity index (χ3v) is 2.41. The summed E-state index contributed by atoms with van der Waals surface area (Å²) in [4.78, 5) is 31.6. The molecule has 0 aromatic heterocycles. The zero-order valence-electron chi connectivity index (χ0n) is 9.32. The SMILES string of the molecule is CC(=O)CN[PH](=O)NC(=O)OCCCC(=O)O. The van der Waals surface area contributed by atoms with Crippen LogP contribution in [0, 0.1) is 0 Å². The Morgan fingerprint density at radius 1 is 1.35 bits per heavy atom. The Balaban J connectivity index is 3.60. The molecule has 0 aromatic rings. The summed E-state index contributed by atoms with van der Waals surface area (Å²) in [6, 6.07) is 0. The van der Waals surface area contributed by atoms with Crippen LogP contribution in [-0.4, -0.2) is 36.1 Å². The molecule has 0 aliphatic heterocycles. The van der Waals surface area contributed by atoms with Crippen molar-refractivity contribution in [3.8, 4) is 0 Å². The summed E-state index contributed by atoms with van der Waals surface area (Å²) in [5.74, 6) is -1.19. The summed E-state index contributed by atoms with van der Waals surface area (Å²) in [6.07, 6.45) is -0.828. The van der Waals surface area contributed by atoms with Gasteiger partial charge in [-0.05, 0) is 13.3 Å². The van der Waals surface area contributed by atoms with Crippen LogP contribution in [0.25, 0.3) is 0 Å². The van der Waals surface area contributed by atoms with Gasteiger partial charge in [0.15, 0.2) is 0 Å². The minimum atomic E-state index is -2.60. The molecule has 3 N–H and O–H groups in total. The third-order valence-electron chi connectivity index (χ3n) is 1.48. The van der Waals surface area contributed by atoms with Crippen molar-refractivity contribution in [3.63, 3.8) is 0 Å². The average molecular weight is 266 g/mol. The van der Waals surface area contributed by atoms with Crippen LogP contribution in [0.4, 0.5) is 4.79 Å². The van der Waals surface area contributed by atoms with E-state index in [1.165, 1.54) is 6.92 Å². The number of carboxylic acid groups (broad SMARTS) is 1. The fraction of sp³-hybridized carbons (Fsp3) is 0.625. The second kappa shape index (κ2) is 8.72. The van der Waals surface area contributed by atoms with Crippen LogP contribution in [-0.2, 0) is 18.9 Å². The molecule has 0 saturated heterocycles. The predicted molar refractivity (Wildman–Crippen MR) is 59.0 cm³/mol. The molecule has 0 aromatic carbocycles. The van der Waals surface area contributed by atoms with E-state index in [9.17, 15) is 18.9 Å². The van der Waals surface area contributed by atoms with Crippen LogP contribution in [0.2, 0.25) is 0 Å². The zero-order chi connectivity index (χ0) is 13.3. The van der Waals surface area contributed by atoms with E-state index in [-0.39, 0.29) is 31.8 Å². The van der Waals surface area contributed by atoms with Gasteiger partial charge in [-0.15, -0.1) is 0 Å². The summed E-state index contributed by atoms with van der Waals surface area (Å²) in [6.45, 7) is 1.14. The van der Waals surface area contributed by atoms with Crippen molar-refractivity contribution in [2.45, 2.75) is 19.8 Å². The molecule has 0 aliphatic rings. The number of ether oxygens (including phenoxy) is 1. The Bertz CT molecular complexity index is 319. The van der Waals surface area contributed by atoms with E-state index in [0.717, 1.165) is 0 Å². The minimum Gasteiger partial charge on any atom is -0.481 e. The molecule has 0 spiro atoms. The Morgan fingerprint density at radius 2 is 2.00 bits per heavy atom. The summed E-state index contributed by atoms with van der Waals surface area (Å²) < 4.78 is 15.7. The maximum Gasteiger partial charge on any atom is 0.413 e. The molecule has 0 radical (unpaired) electrons. The number of carboxylic acids is 1. The second-order valence-electron chi connectivity index (χ2n) is 3.14. The molecule has 0 rings (SSSR count). The minimum absolute atomic E-state index is 0.0695. The fourth-order valence-corrected chi connectivity index (χ4v) is 1.52. The van der Waals surface area contributed by atoms with Crippen molar-refractivity contribution in [2.75, 3.05) is 13.2 Å². The predicted octanol–water partition coefficient (Wildman–Crippen LogP) is 0.146. The molecule has 0 heterocycles. The lowest BCUT2D eigenvalue weighted by Gasteiger charge is -2.06. The van der Waals surface area contributed by atoms with Crippen molar-refractivity contribution in [2.24, 2.45) is 0 Å². The van der Waals surface area contributed by atoms with Crippen LogP contribution < -0.4 is 10.2 Å². The van der Waals surface area contributed by atoms with Crippen molar-refractivity contribution in [1.82, 2.24) is 10.2 Å². The van der Waals surface area contributed by atoms with Gasteiger partial charge in [0.05, 0.1) is 13.2 Å². The Morgan fingerprint density at radius 3 is 2.53 bits per heavy atom. The first-order valence-electron chi connectivity index (χ1n) is 4.84. The summed E-state index contributed by atoms with van der Waals surface area (Å²) in [5, 5.41) is 12.6. The Labute approximate surface area is 98.6 Å². The van der Waals surface area contributed by atoms with E-state index in [1.54, 1.807) is 0 Å². The fourth-order valence-electron chi connectivity index (χ4n) is 0.766.